The van der Waals surface area contributed by atoms with E-state index in [0.29, 0.717) is 5.92 Å². The van der Waals surface area contributed by atoms with Gasteiger partial charge in [-0.2, -0.15) is 5.10 Å². The summed E-state index contributed by atoms with van der Waals surface area (Å²) < 4.78 is 10.1. The molecule has 1 aliphatic heterocycles. The molecule has 3 heterocycles. The van der Waals surface area contributed by atoms with Crippen LogP contribution in [-0.4, -0.2) is 32.5 Å². The van der Waals surface area contributed by atoms with Gasteiger partial charge in [-0.15, -0.1) is 0 Å². The molecule has 0 spiro atoms. The number of nitrogens with zero attached hydrogens (tertiary/aromatic N) is 4. The molecule has 6 nitrogen and oxygen atoms in total. The first kappa shape index (κ1) is 17.2. The van der Waals surface area contributed by atoms with Crippen molar-refractivity contribution in [2.24, 2.45) is 20.0 Å². The van der Waals surface area contributed by atoms with Crippen LogP contribution >= 0.6 is 0 Å². The largest absolute Gasteiger partial charge is 0.373 e. The average Bonchev–Trinajstić information content (AvgIpc) is 3.24. The minimum Gasteiger partial charge on any atom is -0.373 e. The van der Waals surface area contributed by atoms with Gasteiger partial charge in [0, 0.05) is 44.9 Å². The van der Waals surface area contributed by atoms with Crippen molar-refractivity contribution in [1.82, 2.24) is 24.6 Å². The Morgan fingerprint density at radius 1 is 1.31 bits per heavy atom. The van der Waals surface area contributed by atoms with Gasteiger partial charge in [-0.05, 0) is 31.9 Å². The van der Waals surface area contributed by atoms with Crippen LogP contribution in [0.4, 0.5) is 0 Å². The summed E-state index contributed by atoms with van der Waals surface area (Å²) in [5, 5.41) is 7.99. The summed E-state index contributed by atoms with van der Waals surface area (Å²) in [7, 11) is 4.04. The van der Waals surface area contributed by atoms with E-state index < -0.39 is 0 Å². The summed E-state index contributed by atoms with van der Waals surface area (Å²) in [6, 6.07) is 8.47. The maximum atomic E-state index is 6.09. The van der Waals surface area contributed by atoms with Gasteiger partial charge in [-0.25, -0.2) is 4.98 Å². The second-order valence-corrected chi connectivity index (χ2v) is 7.29. The van der Waals surface area contributed by atoms with Crippen molar-refractivity contribution in [3.8, 4) is 0 Å². The first-order valence-corrected chi connectivity index (χ1v) is 9.38. The standard InChI is InChI=1S/C20H27N5O/c1-14(20-23-17-8-4-5-9-18(17)25(20)3)21-11-15-7-6-10-26-19(15)16-12-22-24(2)13-16/h4-5,8-9,12-15,19,21H,6-7,10-11H2,1-3H3/t14?,15-,19+/m0/s1. The molecule has 1 aliphatic rings. The molecule has 1 N–H and O–H groups in total. The summed E-state index contributed by atoms with van der Waals surface area (Å²) >= 11 is 0. The second-order valence-electron chi connectivity index (χ2n) is 7.29. The molecule has 1 saturated heterocycles. The summed E-state index contributed by atoms with van der Waals surface area (Å²) in [6.07, 6.45) is 6.40. The molecule has 0 bridgehead atoms. The molecule has 1 fully saturated rings. The molecule has 3 aromatic rings. The van der Waals surface area contributed by atoms with Crippen molar-refractivity contribution in [1.29, 1.82) is 0 Å². The van der Waals surface area contributed by atoms with Crippen molar-refractivity contribution >= 4 is 11.0 Å². The molecule has 6 heteroatoms. The number of aryl methyl sites for hydroxylation is 2. The van der Waals surface area contributed by atoms with Crippen LogP contribution in [0.15, 0.2) is 36.7 Å². The highest BCUT2D eigenvalue weighted by Crippen LogP contribution is 2.33. The van der Waals surface area contributed by atoms with Crippen LogP contribution in [0.5, 0.6) is 0 Å². The normalized spacial score (nSPS) is 22.0. The number of imidazole rings is 1. The molecule has 1 aromatic carbocycles. The molecule has 26 heavy (non-hydrogen) atoms. The Morgan fingerprint density at radius 3 is 2.92 bits per heavy atom. The van der Waals surface area contributed by atoms with Gasteiger partial charge in [0.15, 0.2) is 0 Å². The first-order chi connectivity index (χ1) is 12.6. The van der Waals surface area contributed by atoms with Crippen molar-refractivity contribution in [3.63, 3.8) is 0 Å². The highest BCUT2D eigenvalue weighted by molar-refractivity contribution is 5.75. The number of rotatable bonds is 5. The molecule has 3 atom stereocenters. The number of ether oxygens (including phenoxy) is 1. The monoisotopic (exact) mass is 353 g/mol. The van der Waals surface area contributed by atoms with E-state index in [1.54, 1.807) is 0 Å². The molecule has 1 unspecified atom stereocenters. The SMILES string of the molecule is CC(NC[C@@H]1CCCO[C@H]1c1cnn(C)c1)c1nc2ccccc2n1C. The van der Waals surface area contributed by atoms with E-state index in [2.05, 4.69) is 53.3 Å². The number of aromatic nitrogens is 4. The lowest BCUT2D eigenvalue weighted by Gasteiger charge is -2.32. The third kappa shape index (κ3) is 3.27. The topological polar surface area (TPSA) is 56.9 Å². The fourth-order valence-electron chi connectivity index (χ4n) is 3.98. The fraction of sp³-hybridized carbons (Fsp3) is 0.500. The molecule has 0 aliphatic carbocycles. The second kappa shape index (κ2) is 7.21. The van der Waals surface area contributed by atoms with Crippen molar-refractivity contribution in [3.05, 3.63) is 48.0 Å². The fourth-order valence-corrected chi connectivity index (χ4v) is 3.98. The predicted octanol–water partition coefficient (Wildman–Crippen LogP) is 3.13. The van der Waals surface area contributed by atoms with Crippen LogP contribution in [0.25, 0.3) is 11.0 Å². The molecular weight excluding hydrogens is 326 g/mol. The summed E-state index contributed by atoms with van der Waals surface area (Å²) in [5.41, 5.74) is 3.40. The van der Waals surface area contributed by atoms with E-state index in [9.17, 15) is 0 Å². The molecule has 0 radical (unpaired) electrons. The van der Waals surface area contributed by atoms with Gasteiger partial charge in [-0.3, -0.25) is 4.68 Å². The van der Waals surface area contributed by atoms with Gasteiger partial charge in [0.2, 0.25) is 0 Å². The third-order valence-corrected chi connectivity index (χ3v) is 5.39. The number of hydrogen-bond acceptors (Lipinski definition) is 4. The van der Waals surface area contributed by atoms with Gasteiger partial charge in [0.05, 0.1) is 29.4 Å². The molecular formula is C20H27N5O. The Bertz CT molecular complexity index is 883. The zero-order valence-corrected chi connectivity index (χ0v) is 15.7. The van der Waals surface area contributed by atoms with Crippen LogP contribution in [0.1, 0.15) is 43.3 Å². The van der Waals surface area contributed by atoms with Crippen LogP contribution in [0.3, 0.4) is 0 Å². The number of para-hydroxylation sites is 2. The van der Waals surface area contributed by atoms with E-state index in [1.165, 1.54) is 17.5 Å². The number of hydrogen-bond donors (Lipinski definition) is 1. The molecule has 0 amide bonds. The Kier molecular flexibility index (Phi) is 4.78. The number of fused-ring (bicyclic) bond motifs is 1. The van der Waals surface area contributed by atoms with Crippen LogP contribution in [0, 0.1) is 5.92 Å². The van der Waals surface area contributed by atoms with E-state index in [1.807, 2.05) is 24.0 Å². The lowest BCUT2D eigenvalue weighted by atomic mass is 9.90. The van der Waals surface area contributed by atoms with E-state index in [-0.39, 0.29) is 12.1 Å². The smallest absolute Gasteiger partial charge is 0.126 e. The van der Waals surface area contributed by atoms with Gasteiger partial charge >= 0.3 is 0 Å². The molecule has 0 saturated carbocycles. The van der Waals surface area contributed by atoms with Gasteiger partial charge in [0.1, 0.15) is 5.82 Å². The summed E-state index contributed by atoms with van der Waals surface area (Å²) in [4.78, 5) is 4.81. The third-order valence-electron chi connectivity index (χ3n) is 5.39. The van der Waals surface area contributed by atoms with Crippen LogP contribution in [0.2, 0.25) is 0 Å². The highest BCUT2D eigenvalue weighted by Gasteiger charge is 2.29. The van der Waals surface area contributed by atoms with E-state index >= 15 is 0 Å². The highest BCUT2D eigenvalue weighted by atomic mass is 16.5. The quantitative estimate of drug-likeness (QED) is 0.766. The van der Waals surface area contributed by atoms with Crippen molar-refractivity contribution in [2.75, 3.05) is 13.2 Å². The predicted molar refractivity (Wildman–Crippen MR) is 102 cm³/mol. The summed E-state index contributed by atoms with van der Waals surface area (Å²) in [5.74, 6) is 1.52. The number of benzene rings is 1. The minimum atomic E-state index is 0.123. The molecule has 4 rings (SSSR count). The van der Waals surface area contributed by atoms with Gasteiger partial charge < -0.3 is 14.6 Å². The maximum absolute atomic E-state index is 6.09. The lowest BCUT2D eigenvalue weighted by Crippen LogP contribution is -2.33. The van der Waals surface area contributed by atoms with Crippen molar-refractivity contribution in [2.45, 2.75) is 31.9 Å². The summed E-state index contributed by atoms with van der Waals surface area (Å²) in [6.45, 7) is 3.92. The van der Waals surface area contributed by atoms with Crippen molar-refractivity contribution < 1.29 is 4.74 Å². The zero-order chi connectivity index (χ0) is 18.1. The van der Waals surface area contributed by atoms with Gasteiger partial charge in [-0.1, -0.05) is 12.1 Å². The van der Waals surface area contributed by atoms with E-state index in [4.69, 9.17) is 9.72 Å². The average molecular weight is 353 g/mol. The van der Waals surface area contributed by atoms with Gasteiger partial charge in [0.25, 0.3) is 0 Å². The Balaban J connectivity index is 1.47. The molecule has 2 aromatic heterocycles. The Labute approximate surface area is 154 Å². The Hall–Kier alpha value is -2.18. The minimum absolute atomic E-state index is 0.123. The first-order valence-electron chi connectivity index (χ1n) is 9.38. The van der Waals surface area contributed by atoms with E-state index in [0.717, 1.165) is 30.9 Å². The zero-order valence-electron chi connectivity index (χ0n) is 15.7. The number of nitrogens with one attached hydrogen (secondary N) is 1. The lowest BCUT2D eigenvalue weighted by molar-refractivity contribution is -0.0285. The van der Waals surface area contributed by atoms with Crippen LogP contribution < -0.4 is 5.32 Å². The molecule has 138 valence electrons. The Morgan fingerprint density at radius 2 is 2.15 bits per heavy atom. The van der Waals surface area contributed by atoms with Crippen LogP contribution in [-0.2, 0) is 18.8 Å². The maximum Gasteiger partial charge on any atom is 0.126 e.